The molecular formula is C25H30F2N4O2S. The lowest BCUT2D eigenvalue weighted by atomic mass is 10.2. The average Bonchev–Trinajstić information content (AvgIpc) is 3.27. The summed E-state index contributed by atoms with van der Waals surface area (Å²) in [5, 5.41) is 3.70. The van der Waals surface area contributed by atoms with E-state index in [-0.39, 0.29) is 11.4 Å². The summed E-state index contributed by atoms with van der Waals surface area (Å²) >= 11 is 1.31. The third-order valence-electron chi connectivity index (χ3n) is 5.87. The van der Waals surface area contributed by atoms with Gasteiger partial charge in [-0.3, -0.25) is 9.69 Å². The van der Waals surface area contributed by atoms with Crippen LogP contribution in [-0.2, 0) is 0 Å². The number of hydrogen-bond donors (Lipinski definition) is 1. The second-order valence-electron chi connectivity index (χ2n) is 8.40. The Balaban J connectivity index is 1.21. The number of carbonyl (C=O) groups excluding carboxylic acids is 1. The van der Waals surface area contributed by atoms with Crippen LogP contribution in [0.4, 0.5) is 13.9 Å². The van der Waals surface area contributed by atoms with Crippen LogP contribution in [0, 0.1) is 11.6 Å². The number of aromatic nitrogens is 1. The lowest BCUT2D eigenvalue weighted by Gasteiger charge is -2.34. The summed E-state index contributed by atoms with van der Waals surface area (Å²) in [6, 6.07) is 9.48. The van der Waals surface area contributed by atoms with Crippen LogP contribution in [0.2, 0.25) is 0 Å². The Hall–Kier alpha value is -2.78. The van der Waals surface area contributed by atoms with E-state index in [9.17, 15) is 13.6 Å². The summed E-state index contributed by atoms with van der Waals surface area (Å²) in [6.07, 6.45) is 3.28. The third kappa shape index (κ3) is 6.21. The number of amides is 1. The molecule has 6 nitrogen and oxygen atoms in total. The number of benzene rings is 2. The van der Waals surface area contributed by atoms with Gasteiger partial charge in [0.25, 0.3) is 5.91 Å². The van der Waals surface area contributed by atoms with Gasteiger partial charge < -0.3 is 15.0 Å². The smallest absolute Gasteiger partial charge is 0.251 e. The first-order valence-corrected chi connectivity index (χ1v) is 12.6. The number of ether oxygens (including phenoxy) is 1. The highest BCUT2D eigenvalue weighted by Gasteiger charge is 2.21. The van der Waals surface area contributed by atoms with Gasteiger partial charge in [0.15, 0.2) is 10.9 Å². The minimum Gasteiger partial charge on any atom is -0.494 e. The summed E-state index contributed by atoms with van der Waals surface area (Å²) in [5.74, 6) is -0.600. The standard InChI is InChI=1S/C25H30F2N4O2S/c1-2-3-4-14-33-20-7-5-6-18(15-20)24(32)28-8-9-30-10-12-31(13-11-30)25-29-23-21(27)16-19(26)17-22(23)34-25/h5-7,15-17H,2-4,8-14H2,1H3,(H,28,32). The summed E-state index contributed by atoms with van der Waals surface area (Å²) in [4.78, 5) is 21.3. The van der Waals surface area contributed by atoms with Gasteiger partial charge in [0.05, 0.1) is 11.3 Å². The molecule has 0 atom stereocenters. The number of anilines is 1. The van der Waals surface area contributed by atoms with Crippen molar-refractivity contribution in [3.63, 3.8) is 0 Å². The van der Waals surface area contributed by atoms with E-state index in [2.05, 4.69) is 27.0 Å². The average molecular weight is 489 g/mol. The Labute approximate surface area is 202 Å². The lowest BCUT2D eigenvalue weighted by molar-refractivity contribution is 0.0947. The van der Waals surface area contributed by atoms with Gasteiger partial charge in [0.2, 0.25) is 0 Å². The monoisotopic (exact) mass is 488 g/mol. The summed E-state index contributed by atoms with van der Waals surface area (Å²) in [6.45, 7) is 7.21. The van der Waals surface area contributed by atoms with Crippen LogP contribution in [-0.4, -0.2) is 61.7 Å². The predicted octanol–water partition coefficient (Wildman–Crippen LogP) is 4.70. The molecule has 0 radical (unpaired) electrons. The van der Waals surface area contributed by atoms with Crippen LogP contribution >= 0.6 is 11.3 Å². The highest BCUT2D eigenvalue weighted by Crippen LogP contribution is 2.31. The van der Waals surface area contributed by atoms with Crippen molar-refractivity contribution in [1.29, 1.82) is 0 Å². The highest BCUT2D eigenvalue weighted by molar-refractivity contribution is 7.22. The van der Waals surface area contributed by atoms with Crippen molar-refractivity contribution in [3.05, 3.63) is 53.6 Å². The molecule has 9 heteroatoms. The van der Waals surface area contributed by atoms with Gasteiger partial charge in [-0.15, -0.1) is 0 Å². The molecular weight excluding hydrogens is 458 g/mol. The topological polar surface area (TPSA) is 57.7 Å². The van der Waals surface area contributed by atoms with Crippen molar-refractivity contribution in [2.75, 3.05) is 50.8 Å². The van der Waals surface area contributed by atoms with E-state index in [1.807, 2.05) is 12.1 Å². The maximum Gasteiger partial charge on any atom is 0.251 e. The van der Waals surface area contributed by atoms with E-state index in [0.717, 1.165) is 63.8 Å². The van der Waals surface area contributed by atoms with Gasteiger partial charge in [-0.2, -0.15) is 0 Å². The molecule has 1 aliphatic heterocycles. The number of unbranched alkanes of at least 4 members (excludes halogenated alkanes) is 2. The Morgan fingerprint density at radius 2 is 1.97 bits per heavy atom. The molecule has 0 spiro atoms. The fraction of sp³-hybridized carbons (Fsp3) is 0.440. The number of nitrogens with one attached hydrogen (secondary N) is 1. The molecule has 0 saturated carbocycles. The minimum absolute atomic E-state index is 0.110. The normalized spacial score (nSPS) is 14.5. The molecule has 2 aromatic carbocycles. The molecule has 0 unspecified atom stereocenters. The molecule has 34 heavy (non-hydrogen) atoms. The first-order chi connectivity index (χ1) is 16.5. The lowest BCUT2D eigenvalue weighted by Crippen LogP contribution is -2.48. The van der Waals surface area contributed by atoms with Gasteiger partial charge >= 0.3 is 0 Å². The van der Waals surface area contributed by atoms with E-state index in [0.29, 0.717) is 28.5 Å². The molecule has 1 aromatic heterocycles. The number of thiazole rings is 1. The van der Waals surface area contributed by atoms with Crippen molar-refractivity contribution in [2.24, 2.45) is 0 Å². The maximum atomic E-state index is 14.0. The number of rotatable bonds is 10. The Morgan fingerprint density at radius 1 is 1.15 bits per heavy atom. The number of piperazine rings is 1. The van der Waals surface area contributed by atoms with E-state index < -0.39 is 11.6 Å². The molecule has 1 fully saturated rings. The van der Waals surface area contributed by atoms with Crippen molar-refractivity contribution in [2.45, 2.75) is 26.2 Å². The molecule has 1 N–H and O–H groups in total. The zero-order valence-electron chi connectivity index (χ0n) is 19.4. The minimum atomic E-state index is -0.625. The van der Waals surface area contributed by atoms with E-state index in [1.54, 1.807) is 12.1 Å². The molecule has 1 aliphatic rings. The van der Waals surface area contributed by atoms with Crippen LogP contribution in [0.25, 0.3) is 10.2 Å². The van der Waals surface area contributed by atoms with Crippen molar-refractivity contribution < 1.29 is 18.3 Å². The van der Waals surface area contributed by atoms with Crippen LogP contribution < -0.4 is 15.0 Å². The molecule has 1 saturated heterocycles. The summed E-state index contributed by atoms with van der Waals surface area (Å²) < 4.78 is 33.7. The molecule has 0 aliphatic carbocycles. The molecule has 182 valence electrons. The number of halogens is 2. The van der Waals surface area contributed by atoms with Crippen LogP contribution in [0.1, 0.15) is 36.5 Å². The van der Waals surface area contributed by atoms with Gasteiger partial charge in [-0.1, -0.05) is 37.2 Å². The van der Waals surface area contributed by atoms with E-state index in [1.165, 1.54) is 17.4 Å². The second-order valence-corrected chi connectivity index (χ2v) is 9.41. The molecule has 2 heterocycles. The fourth-order valence-corrected chi connectivity index (χ4v) is 5.00. The summed E-state index contributed by atoms with van der Waals surface area (Å²) in [7, 11) is 0. The quantitative estimate of drug-likeness (QED) is 0.420. The van der Waals surface area contributed by atoms with Gasteiger partial charge in [-0.25, -0.2) is 13.8 Å². The van der Waals surface area contributed by atoms with Crippen LogP contribution in [0.15, 0.2) is 36.4 Å². The first-order valence-electron chi connectivity index (χ1n) is 11.8. The molecule has 3 aromatic rings. The van der Waals surface area contributed by atoms with Gasteiger partial charge in [0, 0.05) is 50.9 Å². The number of hydrogen-bond acceptors (Lipinski definition) is 6. The van der Waals surface area contributed by atoms with Crippen molar-refractivity contribution >= 4 is 32.6 Å². The fourth-order valence-electron chi connectivity index (χ4n) is 3.94. The zero-order valence-corrected chi connectivity index (χ0v) is 20.2. The van der Waals surface area contributed by atoms with E-state index >= 15 is 0 Å². The largest absolute Gasteiger partial charge is 0.494 e. The van der Waals surface area contributed by atoms with Crippen LogP contribution in [0.5, 0.6) is 5.75 Å². The maximum absolute atomic E-state index is 14.0. The Morgan fingerprint density at radius 3 is 2.76 bits per heavy atom. The van der Waals surface area contributed by atoms with Crippen LogP contribution in [0.3, 0.4) is 0 Å². The molecule has 1 amide bonds. The Kier molecular flexibility index (Phi) is 8.29. The zero-order chi connectivity index (χ0) is 23.9. The number of nitrogens with zero attached hydrogens (tertiary/aromatic N) is 3. The summed E-state index contributed by atoms with van der Waals surface area (Å²) in [5.41, 5.74) is 0.819. The van der Waals surface area contributed by atoms with Crippen molar-refractivity contribution in [3.8, 4) is 5.75 Å². The molecule has 0 bridgehead atoms. The SMILES string of the molecule is CCCCCOc1cccc(C(=O)NCCN2CCN(c3nc4c(F)cc(F)cc4s3)CC2)c1. The Bertz CT molecular complexity index is 1120. The van der Waals surface area contributed by atoms with Gasteiger partial charge in [-0.05, 0) is 30.7 Å². The second kappa shape index (κ2) is 11.6. The van der Waals surface area contributed by atoms with Gasteiger partial charge in [0.1, 0.15) is 17.1 Å². The highest BCUT2D eigenvalue weighted by atomic mass is 32.1. The number of carbonyl (C=O) groups is 1. The predicted molar refractivity (Wildman–Crippen MR) is 132 cm³/mol. The van der Waals surface area contributed by atoms with E-state index in [4.69, 9.17) is 4.74 Å². The van der Waals surface area contributed by atoms with Crippen molar-refractivity contribution in [1.82, 2.24) is 15.2 Å². The first kappa shape index (κ1) is 24.3. The molecule has 4 rings (SSSR count). The third-order valence-corrected chi connectivity index (χ3v) is 6.93. The number of fused-ring (bicyclic) bond motifs is 1.